The second-order valence-corrected chi connectivity index (χ2v) is 2.89. The fraction of sp³-hybridized carbons (Fsp3) is 0.889. The minimum atomic E-state index is 0.323. The molecule has 11 heavy (non-hydrogen) atoms. The zero-order valence-electron chi connectivity index (χ0n) is 7.44. The zero-order valence-corrected chi connectivity index (χ0v) is 7.44. The van der Waals surface area contributed by atoms with E-state index in [4.69, 9.17) is 5.73 Å². The summed E-state index contributed by atoms with van der Waals surface area (Å²) in [6, 6.07) is 0. The molecule has 0 saturated carbocycles. The summed E-state index contributed by atoms with van der Waals surface area (Å²) < 4.78 is 0. The van der Waals surface area contributed by atoms with Gasteiger partial charge in [-0.15, -0.1) is 0 Å². The number of hydrogen-bond acceptors (Lipinski definition) is 2. The molecule has 0 spiro atoms. The van der Waals surface area contributed by atoms with E-state index in [2.05, 4.69) is 6.92 Å². The van der Waals surface area contributed by atoms with Gasteiger partial charge in [0.15, 0.2) is 0 Å². The number of rotatable bonds is 7. The van der Waals surface area contributed by atoms with Gasteiger partial charge < -0.3 is 5.73 Å². The van der Waals surface area contributed by atoms with Crippen LogP contribution in [0, 0.1) is 0 Å². The molecular weight excluding hydrogens is 138 g/mol. The van der Waals surface area contributed by atoms with Gasteiger partial charge in [-0.05, 0) is 13.0 Å². The molecule has 0 aromatic carbocycles. The van der Waals surface area contributed by atoms with E-state index < -0.39 is 0 Å². The number of carbonyl (C=O) groups excluding carboxylic acids is 1. The predicted octanol–water partition coefficient (Wildman–Crippen LogP) is 1.87. The normalized spacial score (nSPS) is 10.0. The van der Waals surface area contributed by atoms with Crippen LogP contribution in [0.5, 0.6) is 0 Å². The maximum atomic E-state index is 10.9. The van der Waals surface area contributed by atoms with Crippen LogP contribution in [0.15, 0.2) is 0 Å². The molecule has 0 saturated heterocycles. The molecule has 0 heterocycles. The highest BCUT2D eigenvalue weighted by Gasteiger charge is 1.98. The molecule has 0 fully saturated rings. The summed E-state index contributed by atoms with van der Waals surface area (Å²) in [5, 5.41) is 0. The Balaban J connectivity index is 3.04. The number of nitrogens with two attached hydrogens (primary N) is 1. The Morgan fingerprint density at radius 2 is 1.91 bits per heavy atom. The van der Waals surface area contributed by atoms with E-state index in [1.165, 1.54) is 19.3 Å². The van der Waals surface area contributed by atoms with Gasteiger partial charge in [-0.1, -0.05) is 26.2 Å². The van der Waals surface area contributed by atoms with Crippen molar-refractivity contribution in [2.75, 3.05) is 6.54 Å². The molecule has 0 aliphatic heterocycles. The van der Waals surface area contributed by atoms with Gasteiger partial charge in [0, 0.05) is 12.8 Å². The molecule has 0 amide bonds. The molecule has 66 valence electrons. The minimum absolute atomic E-state index is 0.323. The quantitative estimate of drug-likeness (QED) is 0.573. The molecule has 2 heteroatoms. The third kappa shape index (κ3) is 7.53. The second kappa shape index (κ2) is 7.73. The second-order valence-electron chi connectivity index (χ2n) is 2.89. The Kier molecular flexibility index (Phi) is 7.47. The highest BCUT2D eigenvalue weighted by Crippen LogP contribution is 2.03. The minimum Gasteiger partial charge on any atom is -0.330 e. The summed E-state index contributed by atoms with van der Waals surface area (Å²) in [5.74, 6) is 0.323. The molecule has 0 radical (unpaired) electrons. The first-order chi connectivity index (χ1) is 5.31. The lowest BCUT2D eigenvalue weighted by Crippen LogP contribution is -2.07. The predicted molar refractivity (Wildman–Crippen MR) is 47.4 cm³/mol. The lowest BCUT2D eigenvalue weighted by atomic mass is 10.1. The number of unbranched alkanes of at least 4 members (excludes halogenated alkanes) is 3. The van der Waals surface area contributed by atoms with Gasteiger partial charge in [-0.2, -0.15) is 0 Å². The first kappa shape index (κ1) is 10.6. The fourth-order valence-corrected chi connectivity index (χ4v) is 1.03. The molecule has 0 unspecified atom stereocenters. The van der Waals surface area contributed by atoms with Crippen LogP contribution in [0.4, 0.5) is 0 Å². The van der Waals surface area contributed by atoms with Crippen molar-refractivity contribution < 1.29 is 4.79 Å². The number of ketones is 1. The highest BCUT2D eigenvalue weighted by atomic mass is 16.1. The molecular formula is C9H19NO. The Labute approximate surface area is 69.2 Å². The van der Waals surface area contributed by atoms with E-state index in [-0.39, 0.29) is 0 Å². The van der Waals surface area contributed by atoms with E-state index in [0.29, 0.717) is 18.7 Å². The Hall–Kier alpha value is -0.370. The molecule has 0 atom stereocenters. The van der Waals surface area contributed by atoms with Crippen molar-refractivity contribution in [2.45, 2.75) is 45.4 Å². The number of hydrogen-bond donors (Lipinski definition) is 1. The number of Topliss-reactive ketones (excluding diaryl/α,β-unsaturated/α-hetero) is 1. The molecule has 0 aliphatic rings. The molecule has 0 aliphatic carbocycles. The van der Waals surface area contributed by atoms with Gasteiger partial charge >= 0.3 is 0 Å². The van der Waals surface area contributed by atoms with E-state index >= 15 is 0 Å². The van der Waals surface area contributed by atoms with Crippen molar-refractivity contribution in [1.82, 2.24) is 0 Å². The molecule has 0 bridgehead atoms. The van der Waals surface area contributed by atoms with Crippen LogP contribution in [0.3, 0.4) is 0 Å². The van der Waals surface area contributed by atoms with Gasteiger partial charge in [0.25, 0.3) is 0 Å². The Morgan fingerprint density at radius 1 is 1.18 bits per heavy atom. The van der Waals surface area contributed by atoms with Crippen LogP contribution in [0.25, 0.3) is 0 Å². The van der Waals surface area contributed by atoms with Crippen LogP contribution in [0.1, 0.15) is 45.4 Å². The smallest absolute Gasteiger partial charge is 0.134 e. The summed E-state index contributed by atoms with van der Waals surface area (Å²) in [6.45, 7) is 2.67. The largest absolute Gasteiger partial charge is 0.330 e. The molecule has 0 aromatic heterocycles. The molecule has 2 N–H and O–H groups in total. The third-order valence-electron chi connectivity index (χ3n) is 1.73. The van der Waals surface area contributed by atoms with E-state index in [1.54, 1.807) is 0 Å². The summed E-state index contributed by atoms with van der Waals surface area (Å²) >= 11 is 0. The van der Waals surface area contributed by atoms with Gasteiger partial charge in [-0.3, -0.25) is 4.79 Å². The van der Waals surface area contributed by atoms with Gasteiger partial charge in [0.2, 0.25) is 0 Å². The zero-order chi connectivity index (χ0) is 8.53. The maximum Gasteiger partial charge on any atom is 0.134 e. The monoisotopic (exact) mass is 157 g/mol. The van der Waals surface area contributed by atoms with Crippen molar-refractivity contribution in [3.05, 3.63) is 0 Å². The summed E-state index contributed by atoms with van der Waals surface area (Å²) in [5.41, 5.74) is 5.24. The standard InChI is InChI=1S/C9H19NO/c1-2-3-4-5-6-9(11)7-8-10/h2-8,10H2,1H3. The fourth-order valence-electron chi connectivity index (χ4n) is 1.03. The van der Waals surface area contributed by atoms with Crippen LogP contribution < -0.4 is 5.73 Å². The van der Waals surface area contributed by atoms with Crippen molar-refractivity contribution in [1.29, 1.82) is 0 Å². The summed E-state index contributed by atoms with van der Waals surface area (Å²) in [4.78, 5) is 10.9. The number of carbonyl (C=O) groups is 1. The summed E-state index contributed by atoms with van der Waals surface area (Å²) in [7, 11) is 0. The van der Waals surface area contributed by atoms with E-state index in [9.17, 15) is 4.79 Å². The van der Waals surface area contributed by atoms with Crippen LogP contribution in [-0.4, -0.2) is 12.3 Å². The Bertz CT molecular complexity index is 102. The first-order valence-corrected chi connectivity index (χ1v) is 4.53. The highest BCUT2D eigenvalue weighted by molar-refractivity contribution is 5.78. The molecule has 2 nitrogen and oxygen atoms in total. The van der Waals surface area contributed by atoms with Gasteiger partial charge in [0.05, 0.1) is 0 Å². The van der Waals surface area contributed by atoms with Gasteiger partial charge in [-0.25, -0.2) is 0 Å². The van der Waals surface area contributed by atoms with E-state index in [1.807, 2.05) is 0 Å². The average Bonchev–Trinajstić information content (AvgIpc) is 1.99. The lowest BCUT2D eigenvalue weighted by molar-refractivity contribution is -0.119. The van der Waals surface area contributed by atoms with Crippen LogP contribution >= 0.6 is 0 Å². The van der Waals surface area contributed by atoms with Crippen molar-refractivity contribution in [3.63, 3.8) is 0 Å². The summed E-state index contributed by atoms with van der Waals surface area (Å²) in [6.07, 6.45) is 6.00. The van der Waals surface area contributed by atoms with Crippen molar-refractivity contribution >= 4 is 5.78 Å². The maximum absolute atomic E-state index is 10.9. The third-order valence-corrected chi connectivity index (χ3v) is 1.73. The van der Waals surface area contributed by atoms with Crippen molar-refractivity contribution in [2.24, 2.45) is 5.73 Å². The lowest BCUT2D eigenvalue weighted by Gasteiger charge is -1.97. The molecule has 0 rings (SSSR count). The average molecular weight is 157 g/mol. The SMILES string of the molecule is CCCCCCC(=O)CCN. The van der Waals surface area contributed by atoms with Crippen LogP contribution in [0.2, 0.25) is 0 Å². The first-order valence-electron chi connectivity index (χ1n) is 4.53. The topological polar surface area (TPSA) is 43.1 Å². The van der Waals surface area contributed by atoms with Crippen LogP contribution in [-0.2, 0) is 4.79 Å². The molecule has 0 aromatic rings. The van der Waals surface area contributed by atoms with Gasteiger partial charge in [0.1, 0.15) is 5.78 Å². The van der Waals surface area contributed by atoms with E-state index in [0.717, 1.165) is 12.8 Å². The van der Waals surface area contributed by atoms with Crippen molar-refractivity contribution in [3.8, 4) is 0 Å². The Morgan fingerprint density at radius 3 is 2.45 bits per heavy atom.